The Balaban J connectivity index is 0.000000306. The summed E-state index contributed by atoms with van der Waals surface area (Å²) in [5, 5.41) is 0. The summed E-state index contributed by atoms with van der Waals surface area (Å²) in [6, 6.07) is 23.6. The van der Waals surface area contributed by atoms with Crippen LogP contribution in [0.3, 0.4) is 0 Å². The topological polar surface area (TPSA) is 0 Å². The normalized spacial score (nSPS) is 10.4. The molecule has 0 aliphatic rings. The van der Waals surface area contributed by atoms with Crippen molar-refractivity contribution in [3.05, 3.63) is 208 Å². The van der Waals surface area contributed by atoms with Crippen molar-refractivity contribution >= 4 is 0 Å². The largest absolute Gasteiger partial charge is 0.207 e. The van der Waals surface area contributed by atoms with Gasteiger partial charge in [0.15, 0.2) is 0 Å². The highest BCUT2D eigenvalue weighted by molar-refractivity contribution is 5.54. The van der Waals surface area contributed by atoms with Gasteiger partial charge in [-0.05, 0) is 193 Å². The molecule has 0 spiro atoms. The second-order valence-electron chi connectivity index (χ2n) is 21.2. The van der Waals surface area contributed by atoms with Gasteiger partial charge in [0.2, 0.25) is 0 Å². The molecule has 0 bridgehead atoms. The third-order valence-corrected chi connectivity index (χ3v) is 14.2. The van der Waals surface area contributed by atoms with Crippen LogP contribution in [0.15, 0.2) is 78.9 Å². The second-order valence-corrected chi connectivity index (χ2v) is 21.2. The maximum Gasteiger partial charge on any atom is 0.130 e. The average Bonchev–Trinajstić information content (AvgIpc) is 3.39. The monoisotopic (exact) mass is 1060 g/mol. The molecule has 0 aliphatic heterocycles. The second kappa shape index (κ2) is 34.5. The molecule has 0 nitrogen and oxygen atoms in total. The Morgan fingerprint density at radius 1 is 0.282 bits per heavy atom. The van der Waals surface area contributed by atoms with Gasteiger partial charge < -0.3 is 0 Å². The van der Waals surface area contributed by atoms with E-state index in [1.54, 1.807) is 13.0 Å². The Labute approximate surface area is 469 Å². The standard InChI is InChI=1S/2C24H28F2.C24H29F.CH4/c2*1-5-6-7-8-9-10-20-13-17(2)22(18(3)14-20)12-11-21-15-23(25)19(4)24(26)16-21;1-5-6-7-8-9-10-22-15-19(3)23(20(4)16-22)14-13-21-12-11-18(2)24(25)17-21;/h2*13-16H,5-10H2,1-4H3;11-12,15-17H,5-10H2,1-4H3;1H4. The van der Waals surface area contributed by atoms with Gasteiger partial charge >= 0.3 is 0 Å². The number of unbranched alkanes of at least 4 members (excludes halogenated alkanes) is 12. The van der Waals surface area contributed by atoms with Crippen LogP contribution in [-0.4, -0.2) is 0 Å². The summed E-state index contributed by atoms with van der Waals surface area (Å²) in [5.74, 6) is 15.9. The van der Waals surface area contributed by atoms with Crippen LogP contribution in [0.2, 0.25) is 0 Å². The molecule has 0 radical (unpaired) electrons. The predicted molar refractivity (Wildman–Crippen MR) is 323 cm³/mol. The maximum atomic E-state index is 13.7. The highest BCUT2D eigenvalue weighted by atomic mass is 19.1. The van der Waals surface area contributed by atoms with E-state index in [1.165, 1.54) is 168 Å². The Bertz CT molecular complexity index is 2820. The minimum atomic E-state index is -0.554. The lowest BCUT2D eigenvalue weighted by Crippen LogP contribution is -1.94. The van der Waals surface area contributed by atoms with Crippen LogP contribution in [0, 0.1) is 127 Å². The first-order valence-electron chi connectivity index (χ1n) is 28.4. The van der Waals surface area contributed by atoms with E-state index in [9.17, 15) is 22.0 Å². The van der Waals surface area contributed by atoms with E-state index in [0.29, 0.717) is 16.7 Å². The summed E-state index contributed by atoms with van der Waals surface area (Å²) in [4.78, 5) is 0. The zero-order chi connectivity index (χ0) is 56.4. The van der Waals surface area contributed by atoms with Crippen molar-refractivity contribution in [1.82, 2.24) is 0 Å². The van der Waals surface area contributed by atoms with E-state index in [0.717, 1.165) is 63.8 Å². The third kappa shape index (κ3) is 21.8. The Hall–Kier alpha value is -6.35. The highest BCUT2D eigenvalue weighted by Gasteiger charge is 2.10. The number of rotatable bonds is 18. The van der Waals surface area contributed by atoms with Crippen LogP contribution in [0.1, 0.15) is 225 Å². The van der Waals surface area contributed by atoms with Gasteiger partial charge in [-0.1, -0.05) is 183 Å². The minimum absolute atomic E-state index is 0. The van der Waals surface area contributed by atoms with Crippen molar-refractivity contribution in [3.63, 3.8) is 0 Å². The fraction of sp³-hybridized carbons (Fsp3) is 0.425. The van der Waals surface area contributed by atoms with Gasteiger partial charge in [-0.2, -0.15) is 0 Å². The number of benzene rings is 6. The number of aryl methyl sites for hydroxylation is 10. The highest BCUT2D eigenvalue weighted by Crippen LogP contribution is 2.23. The number of hydrogen-bond donors (Lipinski definition) is 0. The molecule has 0 N–H and O–H groups in total. The maximum absolute atomic E-state index is 13.7. The molecule has 0 heterocycles. The molecule has 0 aromatic heterocycles. The first-order valence-corrected chi connectivity index (χ1v) is 28.4. The van der Waals surface area contributed by atoms with E-state index in [-0.39, 0.29) is 24.4 Å². The third-order valence-electron chi connectivity index (χ3n) is 14.2. The summed E-state index contributed by atoms with van der Waals surface area (Å²) < 4.78 is 68.3. The van der Waals surface area contributed by atoms with E-state index < -0.39 is 23.3 Å². The zero-order valence-electron chi connectivity index (χ0n) is 48.6. The van der Waals surface area contributed by atoms with Crippen molar-refractivity contribution in [3.8, 4) is 35.5 Å². The lowest BCUT2D eigenvalue weighted by molar-refractivity contribution is 0.567. The van der Waals surface area contributed by atoms with Crippen LogP contribution in [0.25, 0.3) is 0 Å². The molecule has 0 amide bonds. The molecule has 6 aromatic rings. The molecule has 0 unspecified atom stereocenters. The molecule has 78 heavy (non-hydrogen) atoms. The smallest absolute Gasteiger partial charge is 0.130 e. The van der Waals surface area contributed by atoms with E-state index in [2.05, 4.69) is 107 Å². The van der Waals surface area contributed by atoms with Crippen LogP contribution in [0.5, 0.6) is 0 Å². The first kappa shape index (κ1) is 65.9. The van der Waals surface area contributed by atoms with Crippen LogP contribution in [0.4, 0.5) is 22.0 Å². The molecule has 6 aromatic carbocycles. The molecule has 0 aliphatic carbocycles. The lowest BCUT2D eigenvalue weighted by atomic mass is 9.96. The van der Waals surface area contributed by atoms with Gasteiger partial charge in [-0.3, -0.25) is 0 Å². The summed E-state index contributed by atoms with van der Waals surface area (Å²) in [7, 11) is 0. The lowest BCUT2D eigenvalue weighted by Gasteiger charge is -2.08. The van der Waals surface area contributed by atoms with Gasteiger partial charge in [-0.25, -0.2) is 22.0 Å². The van der Waals surface area contributed by atoms with E-state index in [1.807, 2.05) is 33.8 Å². The quantitative estimate of drug-likeness (QED) is 0.0457. The number of halogens is 5. The van der Waals surface area contributed by atoms with Crippen LogP contribution < -0.4 is 0 Å². The average molecular weight is 1060 g/mol. The minimum Gasteiger partial charge on any atom is -0.207 e. The Morgan fingerprint density at radius 2 is 0.538 bits per heavy atom. The van der Waals surface area contributed by atoms with E-state index >= 15 is 0 Å². The van der Waals surface area contributed by atoms with Crippen molar-refractivity contribution in [2.24, 2.45) is 0 Å². The van der Waals surface area contributed by atoms with Gasteiger partial charge in [0, 0.05) is 44.5 Å². The molecule has 6 rings (SSSR count). The Kier molecular flexibility index (Phi) is 29.2. The van der Waals surface area contributed by atoms with Gasteiger partial charge in [0.05, 0.1) is 0 Å². The number of hydrogen-bond acceptors (Lipinski definition) is 0. The van der Waals surface area contributed by atoms with Gasteiger partial charge in [-0.15, -0.1) is 0 Å². The van der Waals surface area contributed by atoms with E-state index in [4.69, 9.17) is 0 Å². The molecular formula is C73H89F5. The van der Waals surface area contributed by atoms with Crippen LogP contribution in [-0.2, 0) is 19.3 Å². The first-order chi connectivity index (χ1) is 36.8. The van der Waals surface area contributed by atoms with Crippen LogP contribution >= 0.6 is 0 Å². The zero-order valence-corrected chi connectivity index (χ0v) is 48.6. The molecule has 0 fully saturated rings. The summed E-state index contributed by atoms with van der Waals surface area (Å²) in [6.45, 7) is 23.8. The summed E-state index contributed by atoms with van der Waals surface area (Å²) in [5.41, 5.74) is 16.1. The van der Waals surface area contributed by atoms with Crippen molar-refractivity contribution in [2.75, 3.05) is 0 Å². The molecule has 416 valence electrons. The summed E-state index contributed by atoms with van der Waals surface area (Å²) in [6.07, 6.45) is 22.6. The SMILES string of the molecule is C.CCCCCCCc1cc(C)c(C#Cc2cc(F)c(C)c(F)c2)c(C)c1.CCCCCCCc1cc(C)c(C#Cc2cc(F)c(C)c(F)c2)c(C)c1.CCCCCCCc1cc(C)c(C#Cc2ccc(C)c(F)c2)c(C)c1. The van der Waals surface area contributed by atoms with Crippen molar-refractivity contribution in [2.45, 2.75) is 206 Å². The fourth-order valence-corrected chi connectivity index (χ4v) is 9.49. The predicted octanol–water partition coefficient (Wildman–Crippen LogP) is 20.9. The van der Waals surface area contributed by atoms with Gasteiger partial charge in [0.25, 0.3) is 0 Å². The molecule has 0 atom stereocenters. The molecule has 0 saturated carbocycles. The Morgan fingerprint density at radius 3 is 0.808 bits per heavy atom. The molecule has 5 heteroatoms. The van der Waals surface area contributed by atoms with Gasteiger partial charge in [0.1, 0.15) is 29.1 Å². The van der Waals surface area contributed by atoms with Crippen molar-refractivity contribution < 1.29 is 22.0 Å². The van der Waals surface area contributed by atoms with Crippen molar-refractivity contribution in [1.29, 1.82) is 0 Å². The fourth-order valence-electron chi connectivity index (χ4n) is 9.49. The summed E-state index contributed by atoms with van der Waals surface area (Å²) >= 11 is 0. The molecule has 0 saturated heterocycles. The molecular weight excluding hydrogens is 972 g/mol.